The summed E-state index contributed by atoms with van der Waals surface area (Å²) in [6.45, 7) is 1.88. The van der Waals surface area contributed by atoms with Gasteiger partial charge < -0.3 is 9.72 Å². The maximum absolute atomic E-state index is 12.4. The number of aryl methyl sites for hydroxylation is 1. The third-order valence-corrected chi connectivity index (χ3v) is 4.92. The van der Waals surface area contributed by atoms with E-state index in [1.54, 1.807) is 30.5 Å². The highest BCUT2D eigenvalue weighted by atomic mass is 32.2. The van der Waals surface area contributed by atoms with Gasteiger partial charge in [-0.05, 0) is 48.9 Å². The molecule has 0 fully saturated rings. The van der Waals surface area contributed by atoms with Crippen LogP contribution >= 0.6 is 0 Å². The summed E-state index contributed by atoms with van der Waals surface area (Å²) in [6.07, 6.45) is 1.74. The van der Waals surface area contributed by atoms with Gasteiger partial charge >= 0.3 is 0 Å². The number of anilines is 1. The van der Waals surface area contributed by atoms with E-state index in [2.05, 4.69) is 14.7 Å². The molecule has 2 N–H and O–H groups in total. The molecule has 0 aliphatic rings. The van der Waals surface area contributed by atoms with Crippen LogP contribution in [0.25, 0.3) is 11.3 Å². The first-order valence-corrected chi connectivity index (χ1v) is 8.75. The Hall–Kier alpha value is -2.80. The zero-order chi connectivity index (χ0) is 17.2. The molecule has 1 aromatic heterocycles. The Bertz CT molecular complexity index is 930. The third kappa shape index (κ3) is 3.41. The number of imidazole rings is 1. The topological polar surface area (TPSA) is 84.1 Å². The van der Waals surface area contributed by atoms with E-state index in [0.717, 1.165) is 17.1 Å². The third-order valence-electron chi connectivity index (χ3n) is 3.52. The molecule has 124 valence electrons. The first kappa shape index (κ1) is 16.1. The molecule has 3 rings (SSSR count). The average Bonchev–Trinajstić information content (AvgIpc) is 3.02. The van der Waals surface area contributed by atoms with Crippen molar-refractivity contribution in [3.63, 3.8) is 0 Å². The van der Waals surface area contributed by atoms with E-state index in [1.165, 1.54) is 19.2 Å². The molecular weight excluding hydrogens is 326 g/mol. The van der Waals surface area contributed by atoms with Gasteiger partial charge in [-0.1, -0.05) is 12.1 Å². The van der Waals surface area contributed by atoms with Gasteiger partial charge in [0.05, 0.1) is 23.9 Å². The van der Waals surface area contributed by atoms with Gasteiger partial charge in [-0.15, -0.1) is 0 Å². The van der Waals surface area contributed by atoms with Gasteiger partial charge in [-0.2, -0.15) is 0 Å². The summed E-state index contributed by atoms with van der Waals surface area (Å²) in [5.41, 5.74) is 2.31. The Kier molecular flexibility index (Phi) is 4.26. The fourth-order valence-corrected chi connectivity index (χ4v) is 3.31. The number of ether oxygens (including phenoxy) is 1. The van der Waals surface area contributed by atoms with E-state index in [0.29, 0.717) is 11.4 Å². The minimum atomic E-state index is -3.64. The monoisotopic (exact) mass is 343 g/mol. The average molecular weight is 343 g/mol. The molecule has 0 aliphatic heterocycles. The molecule has 0 atom stereocenters. The first-order chi connectivity index (χ1) is 11.5. The molecule has 24 heavy (non-hydrogen) atoms. The largest absolute Gasteiger partial charge is 0.497 e. The molecular formula is C17H17N3O3S. The molecule has 2 aromatic carbocycles. The smallest absolute Gasteiger partial charge is 0.261 e. The lowest BCUT2D eigenvalue weighted by Gasteiger charge is -2.09. The highest BCUT2D eigenvalue weighted by molar-refractivity contribution is 7.92. The lowest BCUT2D eigenvalue weighted by atomic mass is 10.1. The number of aromatic nitrogens is 2. The number of benzene rings is 2. The summed E-state index contributed by atoms with van der Waals surface area (Å²) in [7, 11) is -2.11. The van der Waals surface area contributed by atoms with Crippen LogP contribution < -0.4 is 9.46 Å². The molecule has 0 aliphatic carbocycles. The lowest BCUT2D eigenvalue weighted by Crippen LogP contribution is -2.12. The van der Waals surface area contributed by atoms with Crippen LogP contribution in [-0.2, 0) is 10.0 Å². The maximum Gasteiger partial charge on any atom is 0.261 e. The quantitative estimate of drug-likeness (QED) is 0.745. The van der Waals surface area contributed by atoms with Crippen LogP contribution in [0, 0.1) is 6.92 Å². The number of hydrogen-bond acceptors (Lipinski definition) is 4. The molecule has 3 aromatic rings. The molecule has 7 heteroatoms. The molecule has 0 saturated heterocycles. The van der Waals surface area contributed by atoms with E-state index in [4.69, 9.17) is 4.74 Å². The van der Waals surface area contributed by atoms with Crippen molar-refractivity contribution in [3.05, 3.63) is 60.6 Å². The first-order valence-electron chi connectivity index (χ1n) is 7.27. The lowest BCUT2D eigenvalue weighted by molar-refractivity contribution is 0.414. The molecule has 0 amide bonds. The summed E-state index contributed by atoms with van der Waals surface area (Å²) in [5.74, 6) is 1.43. The Morgan fingerprint density at radius 1 is 1.04 bits per heavy atom. The molecule has 6 nitrogen and oxygen atoms in total. The van der Waals surface area contributed by atoms with E-state index in [-0.39, 0.29) is 4.90 Å². The highest BCUT2D eigenvalue weighted by Gasteiger charge is 2.14. The van der Waals surface area contributed by atoms with Crippen molar-refractivity contribution in [1.82, 2.24) is 9.97 Å². The van der Waals surface area contributed by atoms with Crippen LogP contribution in [0.5, 0.6) is 5.75 Å². The summed E-state index contributed by atoms with van der Waals surface area (Å²) >= 11 is 0. The van der Waals surface area contributed by atoms with Gasteiger partial charge in [-0.3, -0.25) is 4.72 Å². The molecule has 0 saturated carbocycles. The fraction of sp³-hybridized carbons (Fsp3) is 0.118. The summed E-state index contributed by atoms with van der Waals surface area (Å²) in [5, 5.41) is 0. The summed E-state index contributed by atoms with van der Waals surface area (Å²) in [4.78, 5) is 7.46. The number of H-pyrrole nitrogens is 1. The summed E-state index contributed by atoms with van der Waals surface area (Å²) < 4.78 is 32.4. The van der Waals surface area contributed by atoms with Crippen molar-refractivity contribution in [3.8, 4) is 17.0 Å². The number of methoxy groups -OCH3 is 1. The molecule has 0 spiro atoms. The zero-order valence-corrected chi connectivity index (χ0v) is 14.1. The second-order valence-corrected chi connectivity index (χ2v) is 6.92. The van der Waals surface area contributed by atoms with Crippen molar-refractivity contribution in [1.29, 1.82) is 0 Å². The Morgan fingerprint density at radius 2 is 1.71 bits per heavy atom. The SMILES string of the molecule is COc1ccc(S(=O)(=O)Nc2ccc(-c3cnc(C)[nH]3)cc2)cc1. The second kappa shape index (κ2) is 6.37. The zero-order valence-electron chi connectivity index (χ0n) is 13.3. The van der Waals surface area contributed by atoms with Crippen LogP contribution in [0.1, 0.15) is 5.82 Å². The maximum atomic E-state index is 12.4. The minimum absolute atomic E-state index is 0.177. The van der Waals surface area contributed by atoms with Gasteiger partial charge in [-0.25, -0.2) is 13.4 Å². The summed E-state index contributed by atoms with van der Waals surface area (Å²) in [6, 6.07) is 13.3. The van der Waals surface area contributed by atoms with Gasteiger partial charge in [0.1, 0.15) is 11.6 Å². The molecule has 0 unspecified atom stereocenters. The van der Waals surface area contributed by atoms with Crippen LogP contribution in [0.2, 0.25) is 0 Å². The van der Waals surface area contributed by atoms with Crippen molar-refractivity contribution in [2.24, 2.45) is 0 Å². The number of hydrogen-bond donors (Lipinski definition) is 2. The van der Waals surface area contributed by atoms with Crippen molar-refractivity contribution in [2.75, 3.05) is 11.8 Å². The minimum Gasteiger partial charge on any atom is -0.497 e. The second-order valence-electron chi connectivity index (χ2n) is 5.24. The van der Waals surface area contributed by atoms with Crippen molar-refractivity contribution in [2.45, 2.75) is 11.8 Å². The van der Waals surface area contributed by atoms with Crippen LogP contribution in [0.3, 0.4) is 0 Å². The molecule has 1 heterocycles. The number of rotatable bonds is 5. The van der Waals surface area contributed by atoms with Crippen molar-refractivity contribution >= 4 is 15.7 Å². The van der Waals surface area contributed by atoms with E-state index in [1.807, 2.05) is 19.1 Å². The normalized spacial score (nSPS) is 11.2. The van der Waals surface area contributed by atoms with E-state index < -0.39 is 10.0 Å². The number of nitrogens with zero attached hydrogens (tertiary/aromatic N) is 1. The highest BCUT2D eigenvalue weighted by Crippen LogP contribution is 2.22. The predicted octanol–water partition coefficient (Wildman–Crippen LogP) is 3.19. The van der Waals surface area contributed by atoms with Gasteiger partial charge in [0.15, 0.2) is 0 Å². The Labute approximate surface area is 140 Å². The van der Waals surface area contributed by atoms with Crippen LogP contribution in [-0.4, -0.2) is 25.5 Å². The van der Waals surface area contributed by atoms with Gasteiger partial charge in [0.25, 0.3) is 10.0 Å². The van der Waals surface area contributed by atoms with E-state index in [9.17, 15) is 8.42 Å². The number of aromatic amines is 1. The van der Waals surface area contributed by atoms with E-state index >= 15 is 0 Å². The predicted molar refractivity (Wildman–Crippen MR) is 92.6 cm³/mol. The van der Waals surface area contributed by atoms with Gasteiger partial charge in [0, 0.05) is 5.69 Å². The molecule has 0 radical (unpaired) electrons. The van der Waals surface area contributed by atoms with Crippen LogP contribution in [0.4, 0.5) is 5.69 Å². The Morgan fingerprint density at radius 3 is 2.25 bits per heavy atom. The fourth-order valence-electron chi connectivity index (χ4n) is 2.25. The Balaban J connectivity index is 1.79. The number of sulfonamides is 1. The molecule has 0 bridgehead atoms. The van der Waals surface area contributed by atoms with Crippen molar-refractivity contribution < 1.29 is 13.2 Å². The van der Waals surface area contributed by atoms with Gasteiger partial charge in [0.2, 0.25) is 0 Å². The number of nitrogens with one attached hydrogen (secondary N) is 2. The van der Waals surface area contributed by atoms with Crippen LogP contribution in [0.15, 0.2) is 59.6 Å². The standard InChI is InChI=1S/C17H17N3O3S/c1-12-18-11-17(19-12)13-3-5-14(6-4-13)20-24(21,22)16-9-7-15(23-2)8-10-16/h3-11,20H,1-2H3,(H,18,19).